The third-order valence-corrected chi connectivity index (χ3v) is 3.24. The van der Waals surface area contributed by atoms with Crippen LogP contribution in [0.5, 0.6) is 0 Å². The molecule has 0 aliphatic heterocycles. The van der Waals surface area contributed by atoms with Gasteiger partial charge in [0, 0.05) is 18.1 Å². The van der Waals surface area contributed by atoms with E-state index >= 15 is 0 Å². The Morgan fingerprint density at radius 1 is 1.33 bits per heavy atom. The van der Waals surface area contributed by atoms with Gasteiger partial charge < -0.3 is 15.2 Å². The molecular weight excluding hydrogens is 264 g/mol. The van der Waals surface area contributed by atoms with E-state index in [9.17, 15) is 4.79 Å². The summed E-state index contributed by atoms with van der Waals surface area (Å²) in [6, 6.07) is 7.76. The number of nitrogens with one attached hydrogen (secondary N) is 2. The van der Waals surface area contributed by atoms with Crippen molar-refractivity contribution in [1.29, 1.82) is 0 Å². The van der Waals surface area contributed by atoms with E-state index in [-0.39, 0.29) is 12.5 Å². The van der Waals surface area contributed by atoms with E-state index in [2.05, 4.69) is 22.5 Å². The van der Waals surface area contributed by atoms with E-state index in [4.69, 9.17) is 0 Å². The predicted molar refractivity (Wildman–Crippen MR) is 84.0 cm³/mol. The average molecular weight is 286 g/mol. The van der Waals surface area contributed by atoms with Crippen molar-refractivity contribution < 1.29 is 4.79 Å². The zero-order valence-electron chi connectivity index (χ0n) is 12.6. The maximum absolute atomic E-state index is 12.1. The van der Waals surface area contributed by atoms with Gasteiger partial charge in [-0.05, 0) is 31.5 Å². The molecule has 1 heterocycles. The predicted octanol–water partition coefficient (Wildman–Crippen LogP) is 2.33. The fourth-order valence-electron chi connectivity index (χ4n) is 2.09. The Hall–Kier alpha value is -2.14. The number of aryl methyl sites for hydroxylation is 1. The SMILES string of the molecule is CCCNCc1nccn1CC(=O)Nc1ccccc1C. The van der Waals surface area contributed by atoms with Crippen LogP contribution in [0.2, 0.25) is 0 Å². The molecule has 0 saturated carbocycles. The molecule has 0 fully saturated rings. The summed E-state index contributed by atoms with van der Waals surface area (Å²) in [5.74, 6) is 0.836. The Balaban J connectivity index is 1.94. The van der Waals surface area contributed by atoms with Gasteiger partial charge in [0.25, 0.3) is 0 Å². The molecule has 5 nitrogen and oxygen atoms in total. The molecule has 0 aliphatic carbocycles. The van der Waals surface area contributed by atoms with Crippen molar-refractivity contribution in [2.24, 2.45) is 0 Å². The summed E-state index contributed by atoms with van der Waals surface area (Å²) in [5.41, 5.74) is 1.91. The molecule has 112 valence electrons. The molecule has 1 aromatic heterocycles. The molecule has 2 N–H and O–H groups in total. The molecule has 1 amide bonds. The molecule has 5 heteroatoms. The van der Waals surface area contributed by atoms with Crippen molar-refractivity contribution in [2.45, 2.75) is 33.4 Å². The van der Waals surface area contributed by atoms with Gasteiger partial charge >= 0.3 is 0 Å². The van der Waals surface area contributed by atoms with Crippen LogP contribution < -0.4 is 10.6 Å². The topological polar surface area (TPSA) is 59.0 Å². The van der Waals surface area contributed by atoms with Gasteiger partial charge in [-0.25, -0.2) is 4.98 Å². The summed E-state index contributed by atoms with van der Waals surface area (Å²) < 4.78 is 1.87. The highest BCUT2D eigenvalue weighted by atomic mass is 16.1. The van der Waals surface area contributed by atoms with Crippen LogP contribution in [0.15, 0.2) is 36.7 Å². The lowest BCUT2D eigenvalue weighted by Crippen LogP contribution is -2.23. The van der Waals surface area contributed by atoms with E-state index in [1.165, 1.54) is 0 Å². The first-order valence-electron chi connectivity index (χ1n) is 7.27. The lowest BCUT2D eigenvalue weighted by Gasteiger charge is -2.10. The van der Waals surface area contributed by atoms with Crippen molar-refractivity contribution in [3.05, 3.63) is 48.0 Å². The maximum atomic E-state index is 12.1. The fourth-order valence-corrected chi connectivity index (χ4v) is 2.09. The molecule has 0 aliphatic rings. The van der Waals surface area contributed by atoms with Crippen molar-refractivity contribution in [3.63, 3.8) is 0 Å². The number of carbonyl (C=O) groups is 1. The Labute approximate surface area is 125 Å². The molecule has 0 unspecified atom stereocenters. The summed E-state index contributed by atoms with van der Waals surface area (Å²) in [5, 5.41) is 6.23. The van der Waals surface area contributed by atoms with Crippen LogP contribution >= 0.6 is 0 Å². The monoisotopic (exact) mass is 286 g/mol. The summed E-state index contributed by atoms with van der Waals surface area (Å²) in [7, 11) is 0. The highest BCUT2D eigenvalue weighted by molar-refractivity contribution is 5.91. The van der Waals surface area contributed by atoms with Crippen molar-refractivity contribution in [2.75, 3.05) is 11.9 Å². The Morgan fingerprint density at radius 3 is 2.90 bits per heavy atom. The summed E-state index contributed by atoms with van der Waals surface area (Å²) >= 11 is 0. The highest BCUT2D eigenvalue weighted by Crippen LogP contribution is 2.13. The fraction of sp³-hybridized carbons (Fsp3) is 0.375. The summed E-state index contributed by atoms with van der Waals surface area (Å²) in [6.07, 6.45) is 4.64. The Bertz CT molecular complexity index is 591. The molecular formula is C16H22N4O. The molecule has 21 heavy (non-hydrogen) atoms. The number of nitrogens with zero attached hydrogens (tertiary/aromatic N) is 2. The largest absolute Gasteiger partial charge is 0.324 e. The number of hydrogen-bond acceptors (Lipinski definition) is 3. The van der Waals surface area contributed by atoms with Crippen LogP contribution in [0.3, 0.4) is 0 Å². The number of imidazole rings is 1. The van der Waals surface area contributed by atoms with Crippen LogP contribution in [-0.4, -0.2) is 22.0 Å². The number of para-hydroxylation sites is 1. The van der Waals surface area contributed by atoms with E-state index in [1.54, 1.807) is 6.20 Å². The molecule has 0 radical (unpaired) electrons. The Kier molecular flexibility index (Phi) is 5.51. The van der Waals surface area contributed by atoms with Crippen LogP contribution in [0.25, 0.3) is 0 Å². The zero-order chi connectivity index (χ0) is 15.1. The van der Waals surface area contributed by atoms with E-state index < -0.39 is 0 Å². The van der Waals surface area contributed by atoms with Crippen LogP contribution in [-0.2, 0) is 17.9 Å². The maximum Gasteiger partial charge on any atom is 0.244 e. The van der Waals surface area contributed by atoms with Gasteiger partial charge in [-0.3, -0.25) is 4.79 Å². The molecule has 0 atom stereocenters. The van der Waals surface area contributed by atoms with Gasteiger partial charge in [0.15, 0.2) is 0 Å². The van der Waals surface area contributed by atoms with Crippen molar-refractivity contribution >= 4 is 11.6 Å². The van der Waals surface area contributed by atoms with E-state index in [0.717, 1.165) is 30.0 Å². The number of amides is 1. The molecule has 1 aromatic carbocycles. The number of benzene rings is 1. The number of anilines is 1. The molecule has 0 spiro atoms. The van der Waals surface area contributed by atoms with Crippen molar-refractivity contribution in [3.8, 4) is 0 Å². The second-order valence-corrected chi connectivity index (χ2v) is 5.01. The van der Waals surface area contributed by atoms with Gasteiger partial charge in [0.05, 0.1) is 6.54 Å². The lowest BCUT2D eigenvalue weighted by molar-refractivity contribution is -0.116. The standard InChI is InChI=1S/C16H22N4O/c1-3-8-17-11-15-18-9-10-20(15)12-16(21)19-14-7-5-4-6-13(14)2/h4-7,9-10,17H,3,8,11-12H2,1-2H3,(H,19,21). The van der Waals surface area contributed by atoms with E-state index in [1.807, 2.05) is 42.0 Å². The van der Waals surface area contributed by atoms with Gasteiger partial charge in [-0.15, -0.1) is 0 Å². The molecule has 0 saturated heterocycles. The third-order valence-electron chi connectivity index (χ3n) is 3.24. The van der Waals surface area contributed by atoms with Gasteiger partial charge in [0.2, 0.25) is 5.91 Å². The highest BCUT2D eigenvalue weighted by Gasteiger charge is 2.08. The number of carbonyl (C=O) groups excluding carboxylic acids is 1. The average Bonchev–Trinajstić information content (AvgIpc) is 2.89. The second-order valence-electron chi connectivity index (χ2n) is 5.01. The van der Waals surface area contributed by atoms with Gasteiger partial charge in [-0.1, -0.05) is 25.1 Å². The zero-order valence-corrected chi connectivity index (χ0v) is 12.6. The molecule has 2 aromatic rings. The quantitative estimate of drug-likeness (QED) is 0.768. The Morgan fingerprint density at radius 2 is 2.14 bits per heavy atom. The van der Waals surface area contributed by atoms with Gasteiger partial charge in [-0.2, -0.15) is 0 Å². The second kappa shape index (κ2) is 7.59. The minimum Gasteiger partial charge on any atom is -0.324 e. The molecule has 2 rings (SSSR count). The number of hydrogen-bond donors (Lipinski definition) is 2. The first-order valence-corrected chi connectivity index (χ1v) is 7.27. The van der Waals surface area contributed by atoms with Crippen LogP contribution in [0.1, 0.15) is 24.7 Å². The summed E-state index contributed by atoms with van der Waals surface area (Å²) in [4.78, 5) is 16.4. The van der Waals surface area contributed by atoms with E-state index in [0.29, 0.717) is 6.54 Å². The minimum absolute atomic E-state index is 0.0426. The normalized spacial score (nSPS) is 10.6. The minimum atomic E-state index is -0.0426. The van der Waals surface area contributed by atoms with Crippen molar-refractivity contribution in [1.82, 2.24) is 14.9 Å². The smallest absolute Gasteiger partial charge is 0.244 e. The van der Waals surface area contributed by atoms with Crippen LogP contribution in [0, 0.1) is 6.92 Å². The first kappa shape index (κ1) is 15.3. The third kappa shape index (κ3) is 4.43. The summed E-state index contributed by atoms with van der Waals surface area (Å²) in [6.45, 7) is 6.00. The lowest BCUT2D eigenvalue weighted by atomic mass is 10.2. The van der Waals surface area contributed by atoms with Gasteiger partial charge in [0.1, 0.15) is 12.4 Å². The molecule has 0 bridgehead atoms. The first-order chi connectivity index (χ1) is 10.2. The number of aromatic nitrogens is 2. The number of rotatable bonds is 7. The van der Waals surface area contributed by atoms with Crippen LogP contribution in [0.4, 0.5) is 5.69 Å².